The molecule has 0 amide bonds. The third kappa shape index (κ3) is 5.56. The Morgan fingerprint density at radius 3 is 2.04 bits per heavy atom. The lowest BCUT2D eigenvalue weighted by molar-refractivity contribution is 0.669. The molecule has 0 aliphatic heterocycles. The highest BCUT2D eigenvalue weighted by Crippen LogP contribution is 2.43. The van der Waals surface area contributed by atoms with E-state index in [1.807, 2.05) is 12.1 Å². The monoisotopic (exact) mass is 724 g/mol. The number of hydrogen-bond acceptors (Lipinski definition) is 4. The molecule has 7 aromatic carbocycles. The lowest BCUT2D eigenvalue weighted by atomic mass is 9.86. The number of furan rings is 1. The van der Waals surface area contributed by atoms with Crippen molar-refractivity contribution in [2.24, 2.45) is 0 Å². The van der Waals surface area contributed by atoms with E-state index in [9.17, 15) is 0 Å². The van der Waals surface area contributed by atoms with Gasteiger partial charge >= 0.3 is 0 Å². The fraction of sp³-hybridized carbons (Fsp3) is 0.0980. The van der Waals surface area contributed by atoms with Gasteiger partial charge in [-0.05, 0) is 107 Å². The molecule has 3 heterocycles. The van der Waals surface area contributed by atoms with Crippen LogP contribution in [0.5, 0.6) is 0 Å². The van der Waals surface area contributed by atoms with Gasteiger partial charge in [-0.15, -0.1) is 11.3 Å². The van der Waals surface area contributed by atoms with Crippen molar-refractivity contribution in [3.05, 3.63) is 169 Å². The summed E-state index contributed by atoms with van der Waals surface area (Å²) in [4.78, 5) is 10.6. The average molecular weight is 725 g/mol. The topological polar surface area (TPSA) is 38.9 Å². The van der Waals surface area contributed by atoms with Gasteiger partial charge in [0.25, 0.3) is 0 Å². The van der Waals surface area contributed by atoms with Gasteiger partial charge in [0.15, 0.2) is 5.82 Å². The molecule has 0 radical (unpaired) electrons. The van der Waals surface area contributed by atoms with Crippen molar-refractivity contribution in [3.63, 3.8) is 0 Å². The number of para-hydroxylation sites is 1. The Morgan fingerprint density at radius 2 is 1.13 bits per heavy atom. The zero-order valence-corrected chi connectivity index (χ0v) is 31.1. The van der Waals surface area contributed by atoms with Crippen LogP contribution in [-0.4, -0.2) is 9.97 Å². The zero-order valence-electron chi connectivity index (χ0n) is 30.3. The van der Waals surface area contributed by atoms with Gasteiger partial charge in [0.05, 0.1) is 15.9 Å². The molecule has 1 aliphatic rings. The number of rotatable bonds is 4. The normalized spacial score (nSPS) is 13.1. The van der Waals surface area contributed by atoms with E-state index in [1.54, 1.807) is 11.3 Å². The van der Waals surface area contributed by atoms with Crippen LogP contribution in [0.2, 0.25) is 0 Å². The first-order valence-corrected chi connectivity index (χ1v) is 20.1. The third-order valence-corrected chi connectivity index (χ3v) is 12.5. The van der Waals surface area contributed by atoms with Crippen LogP contribution in [0.1, 0.15) is 30.4 Å². The fourth-order valence-electron chi connectivity index (χ4n) is 8.65. The molecule has 11 rings (SSSR count). The predicted octanol–water partition coefficient (Wildman–Crippen LogP) is 14.3. The molecular formula is C51H36N2OS. The lowest BCUT2D eigenvalue weighted by Gasteiger charge is -2.18. The van der Waals surface area contributed by atoms with Crippen molar-refractivity contribution < 1.29 is 4.42 Å². The Bertz CT molecular complexity index is 3100. The highest BCUT2D eigenvalue weighted by Gasteiger charge is 2.20. The summed E-state index contributed by atoms with van der Waals surface area (Å²) >= 11 is 1.75. The molecule has 0 saturated heterocycles. The maximum atomic E-state index is 6.33. The van der Waals surface area contributed by atoms with Gasteiger partial charge in [-0.2, -0.15) is 0 Å². The van der Waals surface area contributed by atoms with Crippen LogP contribution in [0.4, 0.5) is 0 Å². The number of benzene rings is 7. The highest BCUT2D eigenvalue weighted by molar-refractivity contribution is 7.26. The van der Waals surface area contributed by atoms with Crippen LogP contribution in [-0.2, 0) is 12.8 Å². The van der Waals surface area contributed by atoms with Crippen molar-refractivity contribution in [2.45, 2.75) is 32.1 Å². The summed E-state index contributed by atoms with van der Waals surface area (Å²) in [5.41, 5.74) is 16.2. The molecule has 262 valence electrons. The van der Waals surface area contributed by atoms with Crippen LogP contribution >= 0.6 is 11.3 Å². The van der Waals surface area contributed by atoms with Crippen molar-refractivity contribution in [2.75, 3.05) is 0 Å². The first-order valence-electron chi connectivity index (χ1n) is 19.3. The second-order valence-electron chi connectivity index (χ2n) is 14.7. The maximum absolute atomic E-state index is 6.33. The summed E-state index contributed by atoms with van der Waals surface area (Å²) in [6, 6.07) is 56.9. The van der Waals surface area contributed by atoms with E-state index >= 15 is 0 Å². The minimum absolute atomic E-state index is 0.714. The Balaban J connectivity index is 1.04. The van der Waals surface area contributed by atoms with Crippen LogP contribution in [0, 0.1) is 0 Å². The number of thiophene rings is 1. The quantitative estimate of drug-likeness (QED) is 0.181. The molecule has 4 heteroatoms. The predicted molar refractivity (Wildman–Crippen MR) is 231 cm³/mol. The van der Waals surface area contributed by atoms with E-state index < -0.39 is 0 Å². The summed E-state index contributed by atoms with van der Waals surface area (Å²) in [6.45, 7) is 0. The van der Waals surface area contributed by atoms with Crippen molar-refractivity contribution in [3.8, 4) is 56.0 Å². The van der Waals surface area contributed by atoms with Gasteiger partial charge < -0.3 is 4.42 Å². The minimum Gasteiger partial charge on any atom is -0.456 e. The molecular weight excluding hydrogens is 689 g/mol. The number of hydrogen-bond donors (Lipinski definition) is 0. The number of nitrogens with zero attached hydrogens (tertiary/aromatic N) is 2. The number of fused-ring (bicyclic) bond motifs is 9. The van der Waals surface area contributed by atoms with Gasteiger partial charge in [0, 0.05) is 32.0 Å². The molecule has 0 unspecified atom stereocenters. The molecule has 0 bridgehead atoms. The van der Waals surface area contributed by atoms with Gasteiger partial charge in [-0.3, -0.25) is 0 Å². The minimum atomic E-state index is 0.714. The summed E-state index contributed by atoms with van der Waals surface area (Å²) in [7, 11) is 0. The first kappa shape index (κ1) is 32.1. The molecule has 3 aromatic heterocycles. The highest BCUT2D eigenvalue weighted by atomic mass is 32.1. The van der Waals surface area contributed by atoms with Gasteiger partial charge in [0.2, 0.25) is 0 Å². The third-order valence-electron chi connectivity index (χ3n) is 11.3. The summed E-state index contributed by atoms with van der Waals surface area (Å²) in [5, 5.41) is 3.38. The standard InChI is InChI=1S/C51H36N2OS/c1-2-13-32-14-4-5-21-39(32)47-33(15-3-1)16-12-24-40(47)36-19-10-17-34(29-36)35-18-11-20-38(30-35)51-52-48(50-49(53-51)43-23-7-9-26-46(43)55-50)37-27-28-42-41-22-6-8-25-44(41)54-45(42)31-37/h4-12,14,16-31H,1-3,13,15H2. The van der Waals surface area contributed by atoms with Crippen molar-refractivity contribution >= 4 is 53.6 Å². The smallest absolute Gasteiger partial charge is 0.160 e. The second-order valence-corrected chi connectivity index (χ2v) is 15.8. The fourth-order valence-corrected chi connectivity index (χ4v) is 9.80. The van der Waals surface area contributed by atoms with Gasteiger partial charge in [-0.25, -0.2) is 9.97 Å². The SMILES string of the molecule is c1cc(-c2cccc(-c3cccc4c3-c3ccccc3CCCCC4)c2)cc(-c2nc(-c3ccc4c(c3)oc3ccccc34)c3sc4ccccc4c3n2)c1. The Hall–Kier alpha value is -6.36. The number of aryl methyl sites for hydroxylation is 2. The molecule has 0 spiro atoms. The van der Waals surface area contributed by atoms with Crippen LogP contribution < -0.4 is 0 Å². The molecule has 10 aromatic rings. The first-order chi connectivity index (χ1) is 27.2. The molecule has 55 heavy (non-hydrogen) atoms. The Labute approximate surface area is 323 Å². The maximum Gasteiger partial charge on any atom is 0.160 e. The van der Waals surface area contributed by atoms with Gasteiger partial charge in [-0.1, -0.05) is 128 Å². The van der Waals surface area contributed by atoms with E-state index in [0.717, 1.165) is 72.8 Å². The van der Waals surface area contributed by atoms with E-state index in [2.05, 4.69) is 146 Å². The molecule has 0 fully saturated rings. The molecule has 0 N–H and O–H groups in total. The molecule has 0 saturated carbocycles. The zero-order chi connectivity index (χ0) is 36.3. The molecule has 0 atom stereocenters. The Morgan fingerprint density at radius 1 is 0.455 bits per heavy atom. The summed E-state index contributed by atoms with van der Waals surface area (Å²) in [5.74, 6) is 0.714. The van der Waals surface area contributed by atoms with E-state index in [-0.39, 0.29) is 0 Å². The second kappa shape index (κ2) is 13.2. The summed E-state index contributed by atoms with van der Waals surface area (Å²) < 4.78 is 8.62. The number of aromatic nitrogens is 2. The lowest BCUT2D eigenvalue weighted by Crippen LogP contribution is -1.96. The Kier molecular flexibility index (Phi) is 7.70. The van der Waals surface area contributed by atoms with Crippen molar-refractivity contribution in [1.29, 1.82) is 0 Å². The van der Waals surface area contributed by atoms with Crippen LogP contribution in [0.25, 0.3) is 98.3 Å². The average Bonchev–Trinajstić information content (AvgIpc) is 3.83. The van der Waals surface area contributed by atoms with Gasteiger partial charge in [0.1, 0.15) is 11.2 Å². The summed E-state index contributed by atoms with van der Waals surface area (Å²) in [6.07, 6.45) is 5.96. The van der Waals surface area contributed by atoms with Crippen molar-refractivity contribution in [1.82, 2.24) is 9.97 Å². The van der Waals surface area contributed by atoms with E-state index in [0.29, 0.717) is 5.82 Å². The van der Waals surface area contributed by atoms with Crippen LogP contribution in [0.15, 0.2) is 162 Å². The van der Waals surface area contributed by atoms with E-state index in [1.165, 1.54) is 62.9 Å². The van der Waals surface area contributed by atoms with Crippen LogP contribution in [0.3, 0.4) is 0 Å². The molecule has 1 aliphatic carbocycles. The largest absolute Gasteiger partial charge is 0.456 e. The van der Waals surface area contributed by atoms with E-state index in [4.69, 9.17) is 14.4 Å². The molecule has 3 nitrogen and oxygen atoms in total.